The lowest BCUT2D eigenvalue weighted by Gasteiger charge is -2.06. The quantitative estimate of drug-likeness (QED) is 0.734. The predicted molar refractivity (Wildman–Crippen MR) is 63.6 cm³/mol. The van der Waals surface area contributed by atoms with Gasteiger partial charge in [-0.2, -0.15) is 0 Å². The van der Waals surface area contributed by atoms with Gasteiger partial charge in [-0.1, -0.05) is 23.4 Å². The molecule has 88 valence electrons. The van der Waals surface area contributed by atoms with E-state index in [4.69, 9.17) is 5.11 Å². The summed E-state index contributed by atoms with van der Waals surface area (Å²) in [6, 6.07) is 9.22. The van der Waals surface area contributed by atoms with Gasteiger partial charge in [-0.3, -0.25) is 4.98 Å². The number of carboxylic acids is 1. The van der Waals surface area contributed by atoms with Crippen LogP contribution in [0.1, 0.15) is 10.5 Å². The predicted octanol–water partition coefficient (Wildman–Crippen LogP) is 1.51. The van der Waals surface area contributed by atoms with Gasteiger partial charge in [0.15, 0.2) is 5.69 Å². The average molecular weight is 240 g/mol. The van der Waals surface area contributed by atoms with E-state index in [2.05, 4.69) is 15.3 Å². The Morgan fingerprint density at radius 3 is 2.89 bits per heavy atom. The number of aromatic carboxylic acids is 1. The van der Waals surface area contributed by atoms with Crippen molar-refractivity contribution in [2.24, 2.45) is 0 Å². The average Bonchev–Trinajstić information content (AvgIpc) is 2.87. The Bertz CT molecular complexity index is 730. The van der Waals surface area contributed by atoms with Gasteiger partial charge < -0.3 is 5.11 Å². The molecule has 2 aromatic heterocycles. The second-order valence-electron chi connectivity index (χ2n) is 3.69. The van der Waals surface area contributed by atoms with Crippen LogP contribution in [0.15, 0.2) is 42.7 Å². The lowest BCUT2D eigenvalue weighted by molar-refractivity contribution is 0.0687. The minimum absolute atomic E-state index is 0.00755. The fourth-order valence-electron chi connectivity index (χ4n) is 1.82. The first-order chi connectivity index (χ1) is 8.77. The molecule has 1 N–H and O–H groups in total. The van der Waals surface area contributed by atoms with Gasteiger partial charge in [0, 0.05) is 11.6 Å². The van der Waals surface area contributed by atoms with Gasteiger partial charge in [0.05, 0.1) is 17.4 Å². The van der Waals surface area contributed by atoms with Crippen molar-refractivity contribution in [3.05, 3.63) is 48.4 Å². The number of carbonyl (C=O) groups is 1. The monoisotopic (exact) mass is 240 g/mol. The molecule has 0 bridgehead atoms. The van der Waals surface area contributed by atoms with Crippen LogP contribution in [0.5, 0.6) is 0 Å². The number of carboxylic acid groups (broad SMARTS) is 1. The minimum atomic E-state index is -1.08. The second kappa shape index (κ2) is 3.92. The van der Waals surface area contributed by atoms with Crippen LogP contribution in [0.25, 0.3) is 16.6 Å². The molecule has 18 heavy (non-hydrogen) atoms. The third-order valence-electron chi connectivity index (χ3n) is 2.61. The number of nitrogens with zero attached hydrogens (tertiary/aromatic N) is 4. The zero-order valence-corrected chi connectivity index (χ0v) is 9.19. The molecule has 0 unspecified atom stereocenters. The van der Waals surface area contributed by atoms with Crippen LogP contribution in [0.3, 0.4) is 0 Å². The number of benzene rings is 1. The number of hydrogen-bond donors (Lipinski definition) is 1. The van der Waals surface area contributed by atoms with Gasteiger partial charge in [0.1, 0.15) is 0 Å². The Labute approximate surface area is 102 Å². The Balaban J connectivity index is 2.32. The van der Waals surface area contributed by atoms with Crippen LogP contribution in [0.2, 0.25) is 0 Å². The molecule has 2 heterocycles. The molecule has 6 heteroatoms. The molecule has 1 aromatic carbocycles. The van der Waals surface area contributed by atoms with Gasteiger partial charge in [-0.15, -0.1) is 5.10 Å². The summed E-state index contributed by atoms with van der Waals surface area (Å²) in [6.07, 6.45) is 2.87. The molecule has 0 radical (unpaired) electrons. The molecular weight excluding hydrogens is 232 g/mol. The molecule has 0 saturated carbocycles. The van der Waals surface area contributed by atoms with E-state index in [0.717, 1.165) is 5.39 Å². The Morgan fingerprint density at radius 1 is 1.22 bits per heavy atom. The van der Waals surface area contributed by atoms with Gasteiger partial charge in [-0.25, -0.2) is 9.48 Å². The Hall–Kier alpha value is -2.76. The van der Waals surface area contributed by atoms with E-state index >= 15 is 0 Å². The molecular formula is C12H8N4O2. The summed E-state index contributed by atoms with van der Waals surface area (Å²) in [5.41, 5.74) is 1.30. The van der Waals surface area contributed by atoms with Gasteiger partial charge in [0.25, 0.3) is 0 Å². The van der Waals surface area contributed by atoms with Crippen molar-refractivity contribution < 1.29 is 9.90 Å². The van der Waals surface area contributed by atoms with Crippen LogP contribution in [-0.2, 0) is 0 Å². The lowest BCUT2D eigenvalue weighted by atomic mass is 10.2. The van der Waals surface area contributed by atoms with Crippen molar-refractivity contribution in [2.75, 3.05) is 0 Å². The van der Waals surface area contributed by atoms with Crippen molar-refractivity contribution in [3.8, 4) is 5.69 Å². The normalized spacial score (nSPS) is 10.7. The van der Waals surface area contributed by atoms with E-state index in [1.165, 1.54) is 10.9 Å². The number of fused-ring (bicyclic) bond motifs is 1. The third-order valence-corrected chi connectivity index (χ3v) is 2.61. The number of hydrogen-bond acceptors (Lipinski definition) is 4. The van der Waals surface area contributed by atoms with E-state index in [9.17, 15) is 4.79 Å². The number of rotatable bonds is 2. The van der Waals surface area contributed by atoms with Crippen LogP contribution in [0.4, 0.5) is 0 Å². The molecule has 0 aliphatic rings. The lowest BCUT2D eigenvalue weighted by Crippen LogP contribution is -2.08. The zero-order valence-electron chi connectivity index (χ0n) is 9.19. The van der Waals surface area contributed by atoms with Crippen molar-refractivity contribution >= 4 is 16.9 Å². The number of pyridine rings is 1. The largest absolute Gasteiger partial charge is 0.476 e. The summed E-state index contributed by atoms with van der Waals surface area (Å²) in [4.78, 5) is 15.3. The van der Waals surface area contributed by atoms with E-state index in [-0.39, 0.29) is 5.69 Å². The zero-order chi connectivity index (χ0) is 12.5. The van der Waals surface area contributed by atoms with Gasteiger partial charge in [-0.05, 0) is 12.1 Å². The summed E-state index contributed by atoms with van der Waals surface area (Å²) in [6.45, 7) is 0. The number of para-hydroxylation sites is 1. The first kappa shape index (κ1) is 10.4. The van der Waals surface area contributed by atoms with Crippen molar-refractivity contribution in [3.63, 3.8) is 0 Å². The maximum Gasteiger partial charge on any atom is 0.356 e. The maximum atomic E-state index is 11.1. The third kappa shape index (κ3) is 1.51. The molecule has 3 aromatic rings. The summed E-state index contributed by atoms with van der Waals surface area (Å²) in [7, 11) is 0. The molecule has 0 fully saturated rings. The van der Waals surface area contributed by atoms with E-state index in [1.807, 2.05) is 24.3 Å². The maximum absolute atomic E-state index is 11.1. The topological polar surface area (TPSA) is 80.9 Å². The molecule has 0 aliphatic carbocycles. The highest BCUT2D eigenvalue weighted by Crippen LogP contribution is 2.20. The van der Waals surface area contributed by atoms with Crippen LogP contribution >= 0.6 is 0 Å². The van der Waals surface area contributed by atoms with Crippen molar-refractivity contribution in [1.82, 2.24) is 20.0 Å². The van der Waals surface area contributed by atoms with Gasteiger partial charge in [0.2, 0.25) is 0 Å². The first-order valence-electron chi connectivity index (χ1n) is 5.25. The fraction of sp³-hybridized carbons (Fsp3) is 0. The molecule has 0 saturated heterocycles. The molecule has 3 rings (SSSR count). The smallest absolute Gasteiger partial charge is 0.356 e. The Morgan fingerprint density at radius 2 is 2.06 bits per heavy atom. The van der Waals surface area contributed by atoms with E-state index in [0.29, 0.717) is 11.2 Å². The highest BCUT2D eigenvalue weighted by Gasteiger charge is 2.15. The first-order valence-corrected chi connectivity index (χ1v) is 5.25. The molecule has 0 atom stereocenters. The SMILES string of the molecule is O=C(O)c1cnnn1-c1cccc2cccnc12. The van der Waals surface area contributed by atoms with Crippen molar-refractivity contribution in [2.45, 2.75) is 0 Å². The van der Waals surface area contributed by atoms with Crippen LogP contribution < -0.4 is 0 Å². The van der Waals surface area contributed by atoms with Gasteiger partial charge >= 0.3 is 5.97 Å². The van der Waals surface area contributed by atoms with E-state index in [1.54, 1.807) is 12.3 Å². The summed E-state index contributed by atoms with van der Waals surface area (Å²) in [5, 5.41) is 17.4. The van der Waals surface area contributed by atoms with E-state index < -0.39 is 5.97 Å². The fourth-order valence-corrected chi connectivity index (χ4v) is 1.82. The standard InChI is InChI=1S/C12H8N4O2/c17-12(18)10-7-14-15-16(10)9-5-1-3-8-4-2-6-13-11(8)9/h1-7H,(H,17,18). The molecule has 0 amide bonds. The molecule has 6 nitrogen and oxygen atoms in total. The minimum Gasteiger partial charge on any atom is -0.476 e. The summed E-state index contributed by atoms with van der Waals surface area (Å²) < 4.78 is 1.28. The van der Waals surface area contributed by atoms with Crippen LogP contribution in [-0.4, -0.2) is 31.1 Å². The molecule has 0 aliphatic heterocycles. The molecule has 0 spiro atoms. The summed E-state index contributed by atoms with van der Waals surface area (Å²) in [5.74, 6) is -1.08. The number of aromatic nitrogens is 4. The highest BCUT2D eigenvalue weighted by atomic mass is 16.4. The second-order valence-corrected chi connectivity index (χ2v) is 3.69. The highest BCUT2D eigenvalue weighted by molar-refractivity contribution is 5.90. The van der Waals surface area contributed by atoms with Crippen molar-refractivity contribution in [1.29, 1.82) is 0 Å². The Kier molecular flexibility index (Phi) is 2.26. The summed E-state index contributed by atoms with van der Waals surface area (Å²) >= 11 is 0. The van der Waals surface area contributed by atoms with Crippen LogP contribution in [0, 0.1) is 0 Å².